The van der Waals surface area contributed by atoms with E-state index < -0.39 is 11.2 Å². The highest BCUT2D eigenvalue weighted by atomic mass is 19.1. The molecule has 1 aromatic rings. The van der Waals surface area contributed by atoms with Gasteiger partial charge in [0.15, 0.2) is 11.5 Å². The summed E-state index contributed by atoms with van der Waals surface area (Å²) in [5, 5.41) is 3.79. The van der Waals surface area contributed by atoms with E-state index in [4.69, 9.17) is 10.3 Å². The molecule has 4 nitrogen and oxygen atoms in total. The van der Waals surface area contributed by atoms with Gasteiger partial charge in [-0.1, -0.05) is 18.0 Å². The quantitative estimate of drug-likeness (QED) is 0.816. The van der Waals surface area contributed by atoms with Gasteiger partial charge in [0.05, 0.1) is 5.54 Å². The standard InChI is InChI=1S/C10H16FN3O/c1-9(2,11)8-13-7(14-15-8)10(12)5-3-4-6-10/h3-6,12H2,1-2H3. The van der Waals surface area contributed by atoms with E-state index in [9.17, 15) is 4.39 Å². The lowest BCUT2D eigenvalue weighted by Gasteiger charge is -2.17. The third kappa shape index (κ3) is 1.88. The Labute approximate surface area is 88.0 Å². The second-order valence-corrected chi connectivity index (χ2v) is 4.76. The molecule has 0 unspecified atom stereocenters. The van der Waals surface area contributed by atoms with Crippen LogP contribution in [0.4, 0.5) is 4.39 Å². The van der Waals surface area contributed by atoms with Crippen molar-refractivity contribution in [3.05, 3.63) is 11.7 Å². The average Bonchev–Trinajstić information content (AvgIpc) is 2.69. The minimum atomic E-state index is -1.60. The predicted octanol–water partition coefficient (Wildman–Crippen LogP) is 2.00. The van der Waals surface area contributed by atoms with Gasteiger partial charge in [0.25, 0.3) is 5.89 Å². The first-order valence-corrected chi connectivity index (χ1v) is 5.24. The van der Waals surface area contributed by atoms with Gasteiger partial charge in [-0.25, -0.2) is 4.39 Å². The number of halogens is 1. The Morgan fingerprint density at radius 2 is 2.00 bits per heavy atom. The first kappa shape index (κ1) is 10.5. The fourth-order valence-corrected chi connectivity index (χ4v) is 1.90. The van der Waals surface area contributed by atoms with Crippen molar-refractivity contribution in [1.82, 2.24) is 10.1 Å². The summed E-state index contributed by atoms with van der Waals surface area (Å²) < 4.78 is 18.4. The van der Waals surface area contributed by atoms with Crippen LogP contribution < -0.4 is 5.73 Å². The molecule has 2 N–H and O–H groups in total. The maximum Gasteiger partial charge on any atom is 0.263 e. The Balaban J connectivity index is 2.27. The van der Waals surface area contributed by atoms with E-state index >= 15 is 0 Å². The van der Waals surface area contributed by atoms with Crippen molar-refractivity contribution in [1.29, 1.82) is 0 Å². The van der Waals surface area contributed by atoms with Crippen molar-refractivity contribution >= 4 is 0 Å². The summed E-state index contributed by atoms with van der Waals surface area (Å²) in [6, 6.07) is 0. The molecule has 1 aliphatic carbocycles. The SMILES string of the molecule is CC(C)(F)c1nc(C2(N)CCCC2)no1. The van der Waals surface area contributed by atoms with Crippen molar-refractivity contribution in [2.45, 2.75) is 50.7 Å². The molecule has 5 heteroatoms. The Morgan fingerprint density at radius 3 is 2.47 bits per heavy atom. The van der Waals surface area contributed by atoms with Crippen LogP contribution in [-0.2, 0) is 11.2 Å². The lowest BCUT2D eigenvalue weighted by atomic mass is 9.98. The number of nitrogens with zero attached hydrogens (tertiary/aromatic N) is 2. The first-order chi connectivity index (χ1) is 6.92. The van der Waals surface area contributed by atoms with Crippen molar-refractivity contribution < 1.29 is 8.91 Å². The van der Waals surface area contributed by atoms with Gasteiger partial charge < -0.3 is 10.3 Å². The maximum absolute atomic E-state index is 13.5. The van der Waals surface area contributed by atoms with Crippen molar-refractivity contribution in [3.8, 4) is 0 Å². The summed E-state index contributed by atoms with van der Waals surface area (Å²) in [4.78, 5) is 4.06. The molecular formula is C10H16FN3O. The molecule has 0 aromatic carbocycles. The summed E-state index contributed by atoms with van der Waals surface area (Å²) in [5.74, 6) is 0.454. The van der Waals surface area contributed by atoms with Crippen LogP contribution >= 0.6 is 0 Å². The Morgan fingerprint density at radius 1 is 1.40 bits per heavy atom. The summed E-state index contributed by atoms with van der Waals surface area (Å²) in [6.07, 6.45) is 3.83. The summed E-state index contributed by atoms with van der Waals surface area (Å²) in [7, 11) is 0. The topological polar surface area (TPSA) is 64.9 Å². The molecule has 0 amide bonds. The second kappa shape index (κ2) is 3.27. The van der Waals surface area contributed by atoms with Crippen LogP contribution in [0, 0.1) is 0 Å². The molecule has 84 valence electrons. The fourth-order valence-electron chi connectivity index (χ4n) is 1.90. The normalized spacial score (nSPS) is 20.8. The number of nitrogens with two attached hydrogens (primary N) is 1. The van der Waals surface area contributed by atoms with E-state index in [2.05, 4.69) is 10.1 Å². The third-order valence-corrected chi connectivity index (χ3v) is 2.88. The van der Waals surface area contributed by atoms with Gasteiger partial charge in [-0.05, 0) is 26.7 Å². The van der Waals surface area contributed by atoms with Crippen LogP contribution in [0.25, 0.3) is 0 Å². The molecule has 0 atom stereocenters. The molecule has 0 radical (unpaired) electrons. The fraction of sp³-hybridized carbons (Fsp3) is 0.800. The molecule has 1 saturated carbocycles. The highest BCUT2D eigenvalue weighted by Crippen LogP contribution is 2.35. The molecule has 0 bridgehead atoms. The van der Waals surface area contributed by atoms with Crippen molar-refractivity contribution in [2.24, 2.45) is 5.73 Å². The molecule has 1 fully saturated rings. The lowest BCUT2D eigenvalue weighted by Crippen LogP contribution is -2.34. The second-order valence-electron chi connectivity index (χ2n) is 4.76. The van der Waals surface area contributed by atoms with Crippen molar-refractivity contribution in [2.75, 3.05) is 0 Å². The van der Waals surface area contributed by atoms with Gasteiger partial charge in [0.2, 0.25) is 0 Å². The molecule has 0 saturated heterocycles. The number of rotatable bonds is 2. The van der Waals surface area contributed by atoms with E-state index in [0.717, 1.165) is 25.7 Å². The van der Waals surface area contributed by atoms with Crippen LogP contribution in [0.3, 0.4) is 0 Å². The smallest absolute Gasteiger partial charge is 0.263 e. The Bertz CT molecular complexity index is 350. The molecule has 0 spiro atoms. The lowest BCUT2D eigenvalue weighted by molar-refractivity contribution is 0.155. The number of aromatic nitrogens is 2. The third-order valence-electron chi connectivity index (χ3n) is 2.88. The monoisotopic (exact) mass is 213 g/mol. The van der Waals surface area contributed by atoms with Gasteiger partial charge in [-0.15, -0.1) is 0 Å². The number of hydrogen-bond donors (Lipinski definition) is 1. The number of alkyl halides is 1. The van der Waals surface area contributed by atoms with E-state index in [1.165, 1.54) is 13.8 Å². The Hall–Kier alpha value is -0.970. The molecule has 2 rings (SSSR count). The number of hydrogen-bond acceptors (Lipinski definition) is 4. The highest BCUT2D eigenvalue weighted by molar-refractivity contribution is 5.08. The minimum Gasteiger partial charge on any atom is -0.336 e. The summed E-state index contributed by atoms with van der Waals surface area (Å²) >= 11 is 0. The van der Waals surface area contributed by atoms with E-state index in [-0.39, 0.29) is 5.89 Å². The van der Waals surface area contributed by atoms with Crippen LogP contribution in [0.5, 0.6) is 0 Å². The maximum atomic E-state index is 13.5. The zero-order chi connectivity index (χ0) is 11.1. The van der Waals surface area contributed by atoms with E-state index in [1.54, 1.807) is 0 Å². The van der Waals surface area contributed by atoms with Gasteiger partial charge in [-0.3, -0.25) is 0 Å². The predicted molar refractivity (Wildman–Crippen MR) is 52.8 cm³/mol. The zero-order valence-corrected chi connectivity index (χ0v) is 9.09. The van der Waals surface area contributed by atoms with Gasteiger partial charge in [0, 0.05) is 0 Å². The van der Waals surface area contributed by atoms with Crippen LogP contribution in [0.1, 0.15) is 51.2 Å². The first-order valence-electron chi connectivity index (χ1n) is 5.24. The molecule has 1 aromatic heterocycles. The molecular weight excluding hydrogens is 197 g/mol. The van der Waals surface area contributed by atoms with Crippen molar-refractivity contribution in [3.63, 3.8) is 0 Å². The van der Waals surface area contributed by atoms with E-state index in [1.807, 2.05) is 0 Å². The van der Waals surface area contributed by atoms with Gasteiger partial charge >= 0.3 is 0 Å². The van der Waals surface area contributed by atoms with Crippen LogP contribution in [0.15, 0.2) is 4.52 Å². The summed E-state index contributed by atoms with van der Waals surface area (Å²) in [5.41, 5.74) is 4.03. The molecule has 1 heterocycles. The molecule has 15 heavy (non-hydrogen) atoms. The van der Waals surface area contributed by atoms with Crippen LogP contribution in [-0.4, -0.2) is 10.1 Å². The zero-order valence-electron chi connectivity index (χ0n) is 9.09. The molecule has 0 aliphatic heterocycles. The van der Waals surface area contributed by atoms with Gasteiger partial charge in [0.1, 0.15) is 0 Å². The molecule has 1 aliphatic rings. The van der Waals surface area contributed by atoms with Crippen LogP contribution in [0.2, 0.25) is 0 Å². The minimum absolute atomic E-state index is 0.00854. The Kier molecular flexibility index (Phi) is 2.30. The van der Waals surface area contributed by atoms with E-state index in [0.29, 0.717) is 5.82 Å². The largest absolute Gasteiger partial charge is 0.336 e. The average molecular weight is 213 g/mol. The van der Waals surface area contributed by atoms with Gasteiger partial charge in [-0.2, -0.15) is 4.98 Å². The summed E-state index contributed by atoms with van der Waals surface area (Å²) in [6.45, 7) is 2.78. The highest BCUT2D eigenvalue weighted by Gasteiger charge is 2.38.